The summed E-state index contributed by atoms with van der Waals surface area (Å²) in [5.41, 5.74) is 3.49. The Morgan fingerprint density at radius 2 is 1.74 bits per heavy atom. The van der Waals surface area contributed by atoms with E-state index >= 15 is 0 Å². The van der Waals surface area contributed by atoms with Crippen LogP contribution < -0.4 is 5.32 Å². The van der Waals surface area contributed by atoms with E-state index in [1.54, 1.807) is 6.92 Å². The number of hydrogen-bond donors (Lipinski definition) is 2. The van der Waals surface area contributed by atoms with E-state index in [2.05, 4.69) is 53.5 Å². The minimum Gasteiger partial charge on any atom is -0.389 e. The predicted molar refractivity (Wildman–Crippen MR) is 115 cm³/mol. The monoisotopic (exact) mass is 382 g/mol. The number of benzene rings is 2. The van der Waals surface area contributed by atoms with Crippen molar-refractivity contribution >= 4 is 17.3 Å². The van der Waals surface area contributed by atoms with E-state index in [4.69, 9.17) is 12.2 Å². The molecule has 0 bridgehead atoms. The van der Waals surface area contributed by atoms with Crippen LogP contribution in [0.5, 0.6) is 0 Å². The molecule has 0 saturated heterocycles. The summed E-state index contributed by atoms with van der Waals surface area (Å²) in [6.45, 7) is 5.70. The van der Waals surface area contributed by atoms with Crippen LogP contribution in [0.1, 0.15) is 61.9 Å². The molecule has 0 aromatic heterocycles. The fourth-order valence-corrected chi connectivity index (χ4v) is 3.85. The van der Waals surface area contributed by atoms with Gasteiger partial charge in [0.25, 0.3) is 0 Å². The van der Waals surface area contributed by atoms with Gasteiger partial charge in [-0.25, -0.2) is 0 Å². The summed E-state index contributed by atoms with van der Waals surface area (Å²) < 4.78 is 0. The summed E-state index contributed by atoms with van der Waals surface area (Å²) >= 11 is 5.81. The van der Waals surface area contributed by atoms with Gasteiger partial charge in [0.2, 0.25) is 0 Å². The van der Waals surface area contributed by atoms with Crippen molar-refractivity contribution in [1.82, 2.24) is 10.2 Å². The first-order valence-corrected chi connectivity index (χ1v) is 10.4. The van der Waals surface area contributed by atoms with E-state index in [9.17, 15) is 5.11 Å². The summed E-state index contributed by atoms with van der Waals surface area (Å²) in [5.74, 6) is 0.658. The van der Waals surface area contributed by atoms with Gasteiger partial charge in [-0.1, -0.05) is 61.5 Å². The molecule has 2 unspecified atom stereocenters. The summed E-state index contributed by atoms with van der Waals surface area (Å²) in [7, 11) is 0. The Morgan fingerprint density at radius 3 is 2.30 bits per heavy atom. The molecular weight excluding hydrogens is 352 g/mol. The molecule has 0 spiro atoms. The van der Waals surface area contributed by atoms with Crippen LogP contribution in [0.15, 0.2) is 54.6 Å². The second-order valence-electron chi connectivity index (χ2n) is 7.46. The molecule has 1 fully saturated rings. The molecule has 0 amide bonds. The SMILES string of the molecule is CCCN(C(=S)NCc1ccccc1)C(c1ccc(C(C)O)cc1)C1CC1. The highest BCUT2D eigenvalue weighted by molar-refractivity contribution is 7.80. The average Bonchev–Trinajstić information content (AvgIpc) is 3.52. The van der Waals surface area contributed by atoms with Crippen LogP contribution in [0.3, 0.4) is 0 Å². The number of aliphatic hydroxyl groups is 1. The Hall–Kier alpha value is -1.91. The van der Waals surface area contributed by atoms with Gasteiger partial charge in [0.15, 0.2) is 5.11 Å². The topological polar surface area (TPSA) is 35.5 Å². The van der Waals surface area contributed by atoms with Crippen molar-refractivity contribution in [2.45, 2.75) is 51.8 Å². The van der Waals surface area contributed by atoms with Crippen LogP contribution in [0.4, 0.5) is 0 Å². The van der Waals surface area contributed by atoms with Crippen LogP contribution >= 0.6 is 12.2 Å². The Balaban J connectivity index is 1.76. The molecule has 0 aliphatic heterocycles. The summed E-state index contributed by atoms with van der Waals surface area (Å²) in [6.07, 6.45) is 3.13. The molecule has 0 heterocycles. The molecule has 2 aromatic rings. The highest BCUT2D eigenvalue weighted by Crippen LogP contribution is 2.45. The molecule has 2 N–H and O–H groups in total. The summed E-state index contributed by atoms with van der Waals surface area (Å²) in [5, 5.41) is 14.1. The van der Waals surface area contributed by atoms with Crippen molar-refractivity contribution in [2.75, 3.05) is 6.54 Å². The smallest absolute Gasteiger partial charge is 0.169 e. The van der Waals surface area contributed by atoms with Gasteiger partial charge >= 0.3 is 0 Å². The summed E-state index contributed by atoms with van der Waals surface area (Å²) in [4.78, 5) is 2.37. The largest absolute Gasteiger partial charge is 0.389 e. The Bertz CT molecular complexity index is 726. The van der Waals surface area contributed by atoms with Gasteiger partial charge in [-0.2, -0.15) is 0 Å². The maximum absolute atomic E-state index is 9.79. The molecule has 27 heavy (non-hydrogen) atoms. The van der Waals surface area contributed by atoms with Crippen LogP contribution in [0.2, 0.25) is 0 Å². The second kappa shape index (κ2) is 9.34. The van der Waals surface area contributed by atoms with Gasteiger partial charge in [0.1, 0.15) is 0 Å². The standard InChI is InChI=1S/C23H30N2OS/c1-3-15-25(23(27)24-16-18-7-5-4-6-8-18)22(21-13-14-21)20-11-9-19(10-12-20)17(2)26/h4-12,17,21-22,26H,3,13-16H2,1-2H3,(H,24,27). The lowest BCUT2D eigenvalue weighted by molar-refractivity contribution is 0.199. The quantitative estimate of drug-likeness (QED) is 0.631. The van der Waals surface area contributed by atoms with Gasteiger partial charge in [-0.3, -0.25) is 0 Å². The lowest BCUT2D eigenvalue weighted by Crippen LogP contribution is -2.43. The van der Waals surface area contributed by atoms with Gasteiger partial charge < -0.3 is 15.3 Å². The van der Waals surface area contributed by atoms with Crippen molar-refractivity contribution in [3.63, 3.8) is 0 Å². The average molecular weight is 383 g/mol. The molecule has 1 saturated carbocycles. The fourth-order valence-electron chi connectivity index (χ4n) is 3.57. The number of nitrogens with one attached hydrogen (secondary N) is 1. The van der Waals surface area contributed by atoms with Crippen LogP contribution in [-0.4, -0.2) is 21.7 Å². The maximum atomic E-state index is 9.79. The van der Waals surface area contributed by atoms with Gasteiger partial charge in [-0.05, 0) is 61.0 Å². The first-order valence-electron chi connectivity index (χ1n) is 9.96. The van der Waals surface area contributed by atoms with E-state index in [1.165, 1.54) is 24.0 Å². The molecule has 1 aliphatic carbocycles. The van der Waals surface area contributed by atoms with E-state index in [0.29, 0.717) is 12.0 Å². The molecule has 0 radical (unpaired) electrons. The minimum absolute atomic E-state index is 0.309. The first kappa shape index (κ1) is 19.8. The Kier molecular flexibility index (Phi) is 6.86. The van der Waals surface area contributed by atoms with Crippen LogP contribution in [0, 0.1) is 5.92 Å². The third-order valence-corrected chi connectivity index (χ3v) is 5.56. The van der Waals surface area contributed by atoms with Crippen LogP contribution in [0.25, 0.3) is 0 Å². The normalized spacial score (nSPS) is 15.8. The zero-order valence-corrected chi connectivity index (χ0v) is 17.1. The number of hydrogen-bond acceptors (Lipinski definition) is 2. The minimum atomic E-state index is -0.432. The summed E-state index contributed by atoms with van der Waals surface area (Å²) in [6, 6.07) is 19.1. The lowest BCUT2D eigenvalue weighted by atomic mass is 9.98. The van der Waals surface area contributed by atoms with Crippen molar-refractivity contribution in [3.8, 4) is 0 Å². The van der Waals surface area contributed by atoms with Gasteiger partial charge in [0, 0.05) is 13.1 Å². The first-order chi connectivity index (χ1) is 13.1. The number of rotatable bonds is 8. The molecular formula is C23H30N2OS. The Morgan fingerprint density at radius 1 is 1.11 bits per heavy atom. The van der Waals surface area contributed by atoms with Crippen molar-refractivity contribution in [2.24, 2.45) is 5.92 Å². The molecule has 144 valence electrons. The molecule has 2 aromatic carbocycles. The van der Waals surface area contributed by atoms with Gasteiger partial charge in [-0.15, -0.1) is 0 Å². The van der Waals surface area contributed by atoms with E-state index in [1.807, 2.05) is 18.2 Å². The van der Waals surface area contributed by atoms with Crippen molar-refractivity contribution < 1.29 is 5.11 Å². The van der Waals surface area contributed by atoms with E-state index in [0.717, 1.165) is 30.2 Å². The zero-order valence-electron chi connectivity index (χ0n) is 16.3. The predicted octanol–water partition coefficient (Wildman–Crippen LogP) is 4.98. The number of thiocarbonyl (C=S) groups is 1. The molecule has 3 rings (SSSR count). The van der Waals surface area contributed by atoms with E-state index in [-0.39, 0.29) is 0 Å². The van der Waals surface area contributed by atoms with Gasteiger partial charge in [0.05, 0.1) is 12.1 Å². The maximum Gasteiger partial charge on any atom is 0.169 e. The highest BCUT2D eigenvalue weighted by Gasteiger charge is 2.37. The number of aliphatic hydroxyl groups excluding tert-OH is 1. The molecule has 2 atom stereocenters. The third kappa shape index (κ3) is 5.30. The van der Waals surface area contributed by atoms with E-state index < -0.39 is 6.10 Å². The fraction of sp³-hybridized carbons (Fsp3) is 0.435. The molecule has 4 heteroatoms. The van der Waals surface area contributed by atoms with Crippen molar-refractivity contribution in [3.05, 3.63) is 71.3 Å². The lowest BCUT2D eigenvalue weighted by Gasteiger charge is -2.35. The van der Waals surface area contributed by atoms with Crippen molar-refractivity contribution in [1.29, 1.82) is 0 Å². The second-order valence-corrected chi connectivity index (χ2v) is 7.85. The molecule has 3 nitrogen and oxygen atoms in total. The zero-order chi connectivity index (χ0) is 19.2. The highest BCUT2D eigenvalue weighted by atomic mass is 32.1. The number of nitrogens with zero attached hydrogens (tertiary/aromatic N) is 1. The van der Waals surface area contributed by atoms with Crippen LogP contribution in [-0.2, 0) is 6.54 Å². The molecule has 1 aliphatic rings. The third-order valence-electron chi connectivity index (χ3n) is 5.18. The Labute approximate surface area is 168 Å².